The van der Waals surface area contributed by atoms with Crippen molar-refractivity contribution in [2.75, 3.05) is 18.4 Å². The van der Waals surface area contributed by atoms with Crippen LogP contribution in [0.25, 0.3) is 5.69 Å². The molecule has 2 aromatic rings. The summed E-state index contributed by atoms with van der Waals surface area (Å²) in [6.45, 7) is 3.29. The first-order valence-electron chi connectivity index (χ1n) is 7.51. The molecule has 1 saturated heterocycles. The summed E-state index contributed by atoms with van der Waals surface area (Å²) >= 11 is 0. The van der Waals surface area contributed by atoms with E-state index in [0.717, 1.165) is 25.9 Å². The molecule has 4 nitrogen and oxygen atoms in total. The Balaban J connectivity index is 1.75. The number of nitrogens with zero attached hydrogens (tertiary/aromatic N) is 2. The number of hydrogen-bond acceptors (Lipinski definition) is 2. The van der Waals surface area contributed by atoms with Gasteiger partial charge in [-0.15, -0.1) is 0 Å². The van der Waals surface area contributed by atoms with Gasteiger partial charge in [-0.1, -0.05) is 12.1 Å². The van der Waals surface area contributed by atoms with Crippen LogP contribution in [0, 0.1) is 0 Å². The normalized spacial score (nSPS) is 18.8. The fourth-order valence-electron chi connectivity index (χ4n) is 3.68. The predicted molar refractivity (Wildman–Crippen MR) is 82.6 cm³/mol. The van der Waals surface area contributed by atoms with E-state index in [0.29, 0.717) is 0 Å². The van der Waals surface area contributed by atoms with Gasteiger partial charge in [0, 0.05) is 31.9 Å². The van der Waals surface area contributed by atoms with Crippen molar-refractivity contribution in [2.45, 2.75) is 25.3 Å². The smallest absolute Gasteiger partial charge is 0.219 e. The molecule has 4 heteroatoms. The SMILES string of the molecule is CC(=O)N1CCC2(CC1)Nc1ccccc1-n1cccc12. The molecule has 1 N–H and O–H groups in total. The van der Waals surface area contributed by atoms with E-state index < -0.39 is 0 Å². The van der Waals surface area contributed by atoms with Gasteiger partial charge in [-0.05, 0) is 37.1 Å². The molecule has 1 spiro atoms. The van der Waals surface area contributed by atoms with E-state index >= 15 is 0 Å². The number of piperidine rings is 1. The number of hydrogen-bond donors (Lipinski definition) is 1. The van der Waals surface area contributed by atoms with Gasteiger partial charge in [-0.2, -0.15) is 0 Å². The molecule has 2 aliphatic rings. The molecular weight excluding hydrogens is 262 g/mol. The fourth-order valence-corrected chi connectivity index (χ4v) is 3.68. The van der Waals surface area contributed by atoms with Gasteiger partial charge >= 0.3 is 0 Å². The van der Waals surface area contributed by atoms with Gasteiger partial charge < -0.3 is 14.8 Å². The lowest BCUT2D eigenvalue weighted by molar-refractivity contribution is -0.130. The van der Waals surface area contributed by atoms with E-state index in [1.165, 1.54) is 17.1 Å². The van der Waals surface area contributed by atoms with Crippen LogP contribution in [0.5, 0.6) is 0 Å². The minimum Gasteiger partial charge on any atom is -0.372 e. The van der Waals surface area contributed by atoms with Crippen LogP contribution in [0.1, 0.15) is 25.5 Å². The molecule has 1 fully saturated rings. The summed E-state index contributed by atoms with van der Waals surface area (Å²) in [5.74, 6) is 0.177. The number of aromatic nitrogens is 1. The number of rotatable bonds is 0. The lowest BCUT2D eigenvalue weighted by Crippen LogP contribution is -2.50. The molecule has 2 aliphatic heterocycles. The van der Waals surface area contributed by atoms with Crippen LogP contribution in [-0.2, 0) is 10.3 Å². The Bertz CT molecular complexity index is 696. The summed E-state index contributed by atoms with van der Waals surface area (Å²) in [6, 6.07) is 12.7. The number of carbonyl (C=O) groups excluding carboxylic acids is 1. The van der Waals surface area contributed by atoms with E-state index in [4.69, 9.17) is 0 Å². The van der Waals surface area contributed by atoms with Crippen LogP contribution in [-0.4, -0.2) is 28.5 Å². The van der Waals surface area contributed by atoms with Crippen LogP contribution in [0.2, 0.25) is 0 Å². The lowest BCUT2D eigenvalue weighted by atomic mass is 9.82. The van der Waals surface area contributed by atoms with Crippen molar-refractivity contribution in [1.82, 2.24) is 9.47 Å². The summed E-state index contributed by atoms with van der Waals surface area (Å²) in [4.78, 5) is 13.5. The van der Waals surface area contributed by atoms with E-state index in [9.17, 15) is 4.79 Å². The minimum absolute atomic E-state index is 0.0518. The van der Waals surface area contributed by atoms with Gasteiger partial charge in [0.2, 0.25) is 5.91 Å². The minimum atomic E-state index is -0.0518. The van der Waals surface area contributed by atoms with Gasteiger partial charge in [0.15, 0.2) is 0 Å². The third-order valence-corrected chi connectivity index (χ3v) is 4.84. The van der Waals surface area contributed by atoms with E-state index in [-0.39, 0.29) is 11.4 Å². The van der Waals surface area contributed by atoms with Gasteiger partial charge in [-0.25, -0.2) is 0 Å². The van der Waals surface area contributed by atoms with Gasteiger partial charge in [0.25, 0.3) is 0 Å². The van der Waals surface area contributed by atoms with Crippen molar-refractivity contribution < 1.29 is 4.79 Å². The zero-order valence-corrected chi connectivity index (χ0v) is 12.2. The first kappa shape index (κ1) is 12.5. The van der Waals surface area contributed by atoms with Gasteiger partial charge in [-0.3, -0.25) is 4.79 Å². The number of fused-ring (bicyclic) bond motifs is 4. The number of benzene rings is 1. The van der Waals surface area contributed by atoms with E-state index in [2.05, 4.69) is 52.5 Å². The topological polar surface area (TPSA) is 37.3 Å². The number of anilines is 1. The summed E-state index contributed by atoms with van der Waals surface area (Å²) in [5.41, 5.74) is 3.64. The first-order chi connectivity index (χ1) is 10.2. The average molecular weight is 281 g/mol. The lowest BCUT2D eigenvalue weighted by Gasteiger charge is -2.46. The Kier molecular flexibility index (Phi) is 2.61. The van der Waals surface area contributed by atoms with Crippen molar-refractivity contribution in [3.8, 4) is 5.69 Å². The van der Waals surface area contributed by atoms with Crippen molar-refractivity contribution in [3.05, 3.63) is 48.3 Å². The quantitative estimate of drug-likeness (QED) is 0.806. The molecule has 1 aromatic carbocycles. The highest BCUT2D eigenvalue weighted by Gasteiger charge is 2.41. The highest BCUT2D eigenvalue weighted by molar-refractivity contribution is 5.73. The summed E-state index contributed by atoms with van der Waals surface area (Å²) < 4.78 is 2.29. The molecule has 0 saturated carbocycles. The molecular formula is C17H19N3O. The molecule has 0 atom stereocenters. The highest BCUT2D eigenvalue weighted by atomic mass is 16.2. The predicted octanol–water partition coefficient (Wildman–Crippen LogP) is 2.74. The van der Waals surface area contributed by atoms with Crippen LogP contribution >= 0.6 is 0 Å². The third kappa shape index (κ3) is 1.78. The number of likely N-dealkylation sites (tertiary alicyclic amines) is 1. The zero-order valence-electron chi connectivity index (χ0n) is 12.2. The van der Waals surface area contributed by atoms with Crippen molar-refractivity contribution in [1.29, 1.82) is 0 Å². The van der Waals surface area contributed by atoms with Crippen LogP contribution < -0.4 is 5.32 Å². The van der Waals surface area contributed by atoms with Crippen LogP contribution in [0.15, 0.2) is 42.6 Å². The molecule has 4 rings (SSSR count). The molecule has 21 heavy (non-hydrogen) atoms. The maximum absolute atomic E-state index is 11.6. The summed E-state index contributed by atoms with van der Waals surface area (Å²) in [6.07, 6.45) is 4.03. The summed E-state index contributed by atoms with van der Waals surface area (Å²) in [5, 5.41) is 3.76. The molecule has 0 aliphatic carbocycles. The summed E-state index contributed by atoms with van der Waals surface area (Å²) in [7, 11) is 0. The standard InChI is InChI=1S/C17H19N3O/c1-13(21)19-11-8-17(9-12-19)16-7-4-10-20(16)15-6-3-2-5-14(15)18-17/h2-7,10,18H,8-9,11-12H2,1H3. The third-order valence-electron chi connectivity index (χ3n) is 4.84. The Labute approximate surface area is 124 Å². The van der Waals surface area contributed by atoms with E-state index in [1.54, 1.807) is 6.92 Å². The van der Waals surface area contributed by atoms with Crippen LogP contribution in [0.3, 0.4) is 0 Å². The number of nitrogens with one attached hydrogen (secondary N) is 1. The molecule has 1 aromatic heterocycles. The largest absolute Gasteiger partial charge is 0.372 e. The Hall–Kier alpha value is -2.23. The maximum Gasteiger partial charge on any atom is 0.219 e. The fraction of sp³-hybridized carbons (Fsp3) is 0.353. The van der Waals surface area contributed by atoms with Gasteiger partial charge in [0.05, 0.1) is 16.9 Å². The molecule has 3 heterocycles. The number of para-hydroxylation sites is 2. The molecule has 1 amide bonds. The molecule has 0 radical (unpaired) electrons. The Morgan fingerprint density at radius 3 is 2.67 bits per heavy atom. The second-order valence-electron chi connectivity index (χ2n) is 5.99. The zero-order chi connectivity index (χ0) is 14.4. The van der Waals surface area contributed by atoms with Crippen LogP contribution in [0.4, 0.5) is 5.69 Å². The monoisotopic (exact) mass is 281 g/mol. The first-order valence-corrected chi connectivity index (χ1v) is 7.51. The Morgan fingerprint density at radius 1 is 1.14 bits per heavy atom. The molecule has 0 unspecified atom stereocenters. The number of amides is 1. The second-order valence-corrected chi connectivity index (χ2v) is 5.99. The van der Waals surface area contributed by atoms with Crippen molar-refractivity contribution in [2.24, 2.45) is 0 Å². The highest BCUT2D eigenvalue weighted by Crippen LogP contribution is 2.43. The van der Waals surface area contributed by atoms with Crippen molar-refractivity contribution >= 4 is 11.6 Å². The molecule has 108 valence electrons. The number of carbonyl (C=O) groups is 1. The maximum atomic E-state index is 11.6. The Morgan fingerprint density at radius 2 is 1.90 bits per heavy atom. The molecule has 0 bridgehead atoms. The second kappa shape index (κ2) is 4.38. The van der Waals surface area contributed by atoms with E-state index in [1.807, 2.05) is 4.90 Å². The average Bonchev–Trinajstić information content (AvgIpc) is 2.99. The van der Waals surface area contributed by atoms with Crippen molar-refractivity contribution in [3.63, 3.8) is 0 Å². The van der Waals surface area contributed by atoms with Gasteiger partial charge in [0.1, 0.15) is 0 Å².